The molecule has 0 aromatic heterocycles. The first-order valence-corrected chi connectivity index (χ1v) is 2.72. The third-order valence-corrected chi connectivity index (χ3v) is 1.11. The Labute approximate surface area is 57.5 Å². The molecule has 0 aliphatic carbocycles. The summed E-state index contributed by atoms with van der Waals surface area (Å²) < 4.78 is 0. The van der Waals surface area contributed by atoms with Crippen LogP contribution in [-0.4, -0.2) is 16.2 Å². The SMILES string of the molecule is O=C(O)[13c]1ccc(O)cc1. The van der Waals surface area contributed by atoms with E-state index in [-0.39, 0.29) is 11.3 Å². The summed E-state index contributed by atoms with van der Waals surface area (Å²) in [7, 11) is 0. The van der Waals surface area contributed by atoms with Crippen LogP contribution in [0.25, 0.3) is 0 Å². The van der Waals surface area contributed by atoms with Crippen molar-refractivity contribution in [3.63, 3.8) is 0 Å². The van der Waals surface area contributed by atoms with E-state index in [1.165, 1.54) is 24.3 Å². The van der Waals surface area contributed by atoms with Gasteiger partial charge >= 0.3 is 5.97 Å². The van der Waals surface area contributed by atoms with Crippen molar-refractivity contribution >= 4 is 5.97 Å². The fourth-order valence-corrected chi connectivity index (χ4v) is 0.604. The van der Waals surface area contributed by atoms with Gasteiger partial charge in [0.05, 0.1) is 5.56 Å². The number of carbonyl (C=O) groups is 1. The van der Waals surface area contributed by atoms with E-state index in [0.717, 1.165) is 0 Å². The number of hydrogen-bond donors (Lipinski definition) is 2. The highest BCUT2D eigenvalue weighted by Gasteiger charge is 1.99. The van der Waals surface area contributed by atoms with Crippen molar-refractivity contribution in [1.82, 2.24) is 0 Å². The van der Waals surface area contributed by atoms with Gasteiger partial charge in [0.1, 0.15) is 5.75 Å². The second kappa shape index (κ2) is 2.39. The molecule has 0 fully saturated rings. The summed E-state index contributed by atoms with van der Waals surface area (Å²) in [4.78, 5) is 10.2. The second-order valence-electron chi connectivity index (χ2n) is 1.85. The van der Waals surface area contributed by atoms with Gasteiger partial charge in [0.2, 0.25) is 0 Å². The average molecular weight is 139 g/mol. The van der Waals surface area contributed by atoms with Crippen molar-refractivity contribution in [2.45, 2.75) is 0 Å². The molecule has 0 atom stereocenters. The monoisotopic (exact) mass is 139 g/mol. The van der Waals surface area contributed by atoms with Crippen LogP contribution >= 0.6 is 0 Å². The van der Waals surface area contributed by atoms with Gasteiger partial charge < -0.3 is 10.2 Å². The Bertz CT molecular complexity index is 238. The predicted molar refractivity (Wildman–Crippen MR) is 35.1 cm³/mol. The summed E-state index contributed by atoms with van der Waals surface area (Å²) >= 11 is 0. The molecule has 0 saturated carbocycles. The van der Waals surface area contributed by atoms with Crippen molar-refractivity contribution in [3.8, 4) is 5.75 Å². The van der Waals surface area contributed by atoms with Crippen LogP contribution in [0.4, 0.5) is 0 Å². The number of aromatic carboxylic acids is 1. The number of carboxylic acids is 1. The summed E-state index contributed by atoms with van der Waals surface area (Å²) in [6, 6.07) is 5.36. The topological polar surface area (TPSA) is 57.5 Å². The van der Waals surface area contributed by atoms with Crippen LogP contribution in [0, 0.1) is 0 Å². The van der Waals surface area contributed by atoms with E-state index < -0.39 is 5.97 Å². The maximum absolute atomic E-state index is 10.2. The van der Waals surface area contributed by atoms with E-state index in [1.54, 1.807) is 0 Å². The van der Waals surface area contributed by atoms with Crippen molar-refractivity contribution < 1.29 is 15.0 Å². The Kier molecular flexibility index (Phi) is 1.58. The highest BCUT2D eigenvalue weighted by Crippen LogP contribution is 2.08. The normalized spacial score (nSPS) is 9.20. The first kappa shape index (κ1) is 6.61. The zero-order valence-electron chi connectivity index (χ0n) is 5.11. The molecular weight excluding hydrogens is 133 g/mol. The van der Waals surface area contributed by atoms with Gasteiger partial charge in [-0.1, -0.05) is 0 Å². The summed E-state index contributed by atoms with van der Waals surface area (Å²) in [5, 5.41) is 17.1. The van der Waals surface area contributed by atoms with Crippen molar-refractivity contribution in [1.29, 1.82) is 0 Å². The summed E-state index contributed by atoms with van der Waals surface area (Å²) in [6.07, 6.45) is 0. The van der Waals surface area contributed by atoms with Crippen LogP contribution in [0.15, 0.2) is 24.3 Å². The van der Waals surface area contributed by atoms with Gasteiger partial charge in [-0.25, -0.2) is 4.79 Å². The molecule has 10 heavy (non-hydrogen) atoms. The minimum atomic E-state index is -0.986. The first-order valence-electron chi connectivity index (χ1n) is 2.72. The molecule has 1 rings (SSSR count). The zero-order chi connectivity index (χ0) is 7.56. The fraction of sp³-hybridized carbons (Fsp3) is 0. The molecule has 0 amide bonds. The number of aromatic hydroxyl groups is 1. The molecule has 0 radical (unpaired) electrons. The van der Waals surface area contributed by atoms with Crippen molar-refractivity contribution in [3.05, 3.63) is 29.8 Å². The van der Waals surface area contributed by atoms with Gasteiger partial charge in [-0.3, -0.25) is 0 Å². The second-order valence-corrected chi connectivity index (χ2v) is 1.85. The molecule has 0 saturated heterocycles. The van der Waals surface area contributed by atoms with Crippen LogP contribution in [0.3, 0.4) is 0 Å². The molecule has 2 N–H and O–H groups in total. The van der Waals surface area contributed by atoms with E-state index in [4.69, 9.17) is 10.2 Å². The molecule has 0 bridgehead atoms. The van der Waals surface area contributed by atoms with Crippen molar-refractivity contribution in [2.75, 3.05) is 0 Å². The predicted octanol–water partition coefficient (Wildman–Crippen LogP) is 1.09. The molecule has 0 aliphatic rings. The largest absolute Gasteiger partial charge is 0.508 e. The standard InChI is InChI=1S/C7H6O3/c8-6-3-1-5(2-4-6)7(9)10/h1-4,8H,(H,9,10)/i5+1. The molecule has 1 aromatic carbocycles. The van der Waals surface area contributed by atoms with E-state index in [0.29, 0.717) is 0 Å². The summed E-state index contributed by atoms with van der Waals surface area (Å²) in [6.45, 7) is 0. The number of carboxylic acid groups (broad SMARTS) is 1. The van der Waals surface area contributed by atoms with Crippen LogP contribution in [0.5, 0.6) is 5.75 Å². The summed E-state index contributed by atoms with van der Waals surface area (Å²) in [5.74, 6) is -0.912. The number of rotatable bonds is 1. The molecule has 3 nitrogen and oxygen atoms in total. The number of benzene rings is 1. The lowest BCUT2D eigenvalue weighted by atomic mass is 10.4. The molecule has 0 spiro atoms. The average Bonchev–Trinajstić information content (AvgIpc) is 1.88. The van der Waals surface area contributed by atoms with Gasteiger partial charge in [-0.05, 0) is 24.3 Å². The number of phenolic OH excluding ortho intramolecular Hbond substituents is 1. The van der Waals surface area contributed by atoms with E-state index in [1.807, 2.05) is 0 Å². The molecular formula is C7H6O3. The van der Waals surface area contributed by atoms with Crippen LogP contribution in [-0.2, 0) is 0 Å². The smallest absolute Gasteiger partial charge is 0.335 e. The molecule has 0 unspecified atom stereocenters. The highest BCUT2D eigenvalue weighted by molar-refractivity contribution is 5.87. The molecule has 0 heterocycles. The molecule has 3 heteroatoms. The fourth-order valence-electron chi connectivity index (χ4n) is 0.604. The molecule has 0 aliphatic heterocycles. The third kappa shape index (κ3) is 1.25. The maximum Gasteiger partial charge on any atom is 0.335 e. The van der Waals surface area contributed by atoms with Gasteiger partial charge in [-0.15, -0.1) is 0 Å². The minimum absolute atomic E-state index is 0.0741. The Morgan fingerprint density at radius 3 is 2.10 bits per heavy atom. The van der Waals surface area contributed by atoms with Crippen LogP contribution in [0.1, 0.15) is 10.4 Å². The zero-order valence-corrected chi connectivity index (χ0v) is 5.11. The number of hydrogen-bond acceptors (Lipinski definition) is 2. The number of phenols is 1. The van der Waals surface area contributed by atoms with E-state index in [2.05, 4.69) is 0 Å². The lowest BCUT2D eigenvalue weighted by Crippen LogP contribution is -1.93. The Morgan fingerprint density at radius 1 is 1.20 bits per heavy atom. The van der Waals surface area contributed by atoms with Crippen LogP contribution < -0.4 is 0 Å². The van der Waals surface area contributed by atoms with Gasteiger partial charge in [0, 0.05) is 0 Å². The third-order valence-electron chi connectivity index (χ3n) is 1.11. The van der Waals surface area contributed by atoms with Gasteiger partial charge in [0.15, 0.2) is 0 Å². The van der Waals surface area contributed by atoms with Gasteiger partial charge in [-0.2, -0.15) is 0 Å². The lowest BCUT2D eigenvalue weighted by molar-refractivity contribution is 0.0697. The van der Waals surface area contributed by atoms with Gasteiger partial charge in [0.25, 0.3) is 0 Å². The first-order chi connectivity index (χ1) is 4.70. The highest BCUT2D eigenvalue weighted by atomic mass is 16.4. The Morgan fingerprint density at radius 2 is 1.70 bits per heavy atom. The quantitative estimate of drug-likeness (QED) is 0.612. The van der Waals surface area contributed by atoms with Crippen LogP contribution in [0.2, 0.25) is 0 Å². The Balaban J connectivity index is 3.00. The maximum atomic E-state index is 10.2. The minimum Gasteiger partial charge on any atom is -0.508 e. The van der Waals surface area contributed by atoms with E-state index >= 15 is 0 Å². The molecule has 52 valence electrons. The lowest BCUT2D eigenvalue weighted by Gasteiger charge is -1.92. The molecule has 1 aromatic rings. The van der Waals surface area contributed by atoms with E-state index in [9.17, 15) is 4.79 Å². The van der Waals surface area contributed by atoms with Crippen molar-refractivity contribution in [2.24, 2.45) is 0 Å². The summed E-state index contributed by atoms with van der Waals surface area (Å²) in [5.41, 5.74) is 0.179. The Hall–Kier alpha value is -1.51.